The van der Waals surface area contributed by atoms with Gasteiger partial charge >= 0.3 is 5.97 Å². The van der Waals surface area contributed by atoms with E-state index in [4.69, 9.17) is 0 Å². The molecule has 3 N–H and O–H groups in total. The van der Waals surface area contributed by atoms with E-state index >= 15 is 0 Å². The summed E-state index contributed by atoms with van der Waals surface area (Å²) in [4.78, 5) is 25.3. The van der Waals surface area contributed by atoms with Crippen LogP contribution in [0.15, 0.2) is 0 Å². The van der Waals surface area contributed by atoms with Crippen molar-refractivity contribution in [2.45, 2.75) is 70.8 Å². The maximum Gasteiger partial charge on any atom is 0.309 e. The van der Waals surface area contributed by atoms with Crippen molar-refractivity contribution in [3.63, 3.8) is 0 Å². The summed E-state index contributed by atoms with van der Waals surface area (Å²) in [5, 5.41) is 30.5. The first-order chi connectivity index (χ1) is 11.6. The van der Waals surface area contributed by atoms with Crippen LogP contribution in [0.4, 0.5) is 0 Å². The Balaban J connectivity index is 1.78. The van der Waals surface area contributed by atoms with E-state index in [1.807, 2.05) is 6.92 Å². The standard InChI is InChI=1S/C20H30O5/c1-17-7-3-8-18(2,16(23)24)13(17)6-9-19-10-12(4-5-14(17)19)20(25,11-21)15(19)22/h12-14,21,25H,3-11H2,1-2H3,(H,23,24). The first-order valence-electron chi connectivity index (χ1n) is 9.77. The van der Waals surface area contributed by atoms with Crippen molar-refractivity contribution in [2.24, 2.45) is 34.0 Å². The minimum atomic E-state index is -1.58. The summed E-state index contributed by atoms with van der Waals surface area (Å²) < 4.78 is 0. The van der Waals surface area contributed by atoms with Crippen LogP contribution in [-0.2, 0) is 9.59 Å². The Hall–Kier alpha value is -0.940. The molecule has 0 aliphatic heterocycles. The normalized spacial score (nSPS) is 54.7. The predicted molar refractivity (Wildman–Crippen MR) is 90.7 cm³/mol. The maximum absolute atomic E-state index is 13.3. The fourth-order valence-electron chi connectivity index (χ4n) is 7.79. The summed E-state index contributed by atoms with van der Waals surface area (Å²) in [6.45, 7) is 3.60. The molecule has 0 saturated heterocycles. The monoisotopic (exact) mass is 350 g/mol. The number of aliphatic hydroxyl groups is 2. The first kappa shape index (κ1) is 17.5. The van der Waals surface area contributed by atoms with Crippen molar-refractivity contribution >= 4 is 11.8 Å². The molecule has 4 saturated carbocycles. The number of rotatable bonds is 2. The third-order valence-electron chi connectivity index (χ3n) is 8.98. The molecule has 5 heteroatoms. The zero-order valence-electron chi connectivity index (χ0n) is 15.3. The molecule has 4 rings (SSSR count). The minimum Gasteiger partial charge on any atom is -0.481 e. The number of fused-ring (bicyclic) bond motifs is 3. The van der Waals surface area contributed by atoms with Gasteiger partial charge in [-0.2, -0.15) is 0 Å². The van der Waals surface area contributed by atoms with Gasteiger partial charge in [0, 0.05) is 5.41 Å². The maximum atomic E-state index is 13.3. The third-order valence-corrected chi connectivity index (χ3v) is 8.98. The fraction of sp³-hybridized carbons (Fsp3) is 0.900. The van der Waals surface area contributed by atoms with E-state index in [1.165, 1.54) is 0 Å². The number of ketones is 1. The second kappa shape index (κ2) is 5.07. The summed E-state index contributed by atoms with van der Waals surface area (Å²) in [6.07, 6.45) is 6.22. The highest BCUT2D eigenvalue weighted by atomic mass is 16.4. The second-order valence-corrected chi connectivity index (χ2v) is 9.77. The third kappa shape index (κ3) is 1.86. The molecule has 25 heavy (non-hydrogen) atoms. The molecule has 0 heterocycles. The highest BCUT2D eigenvalue weighted by Crippen LogP contribution is 2.71. The van der Waals surface area contributed by atoms with Gasteiger partial charge in [-0.3, -0.25) is 9.59 Å². The number of carbonyl (C=O) groups excluding carboxylic acids is 1. The number of carbonyl (C=O) groups is 2. The van der Waals surface area contributed by atoms with Gasteiger partial charge in [-0.15, -0.1) is 0 Å². The van der Waals surface area contributed by atoms with Crippen LogP contribution >= 0.6 is 0 Å². The van der Waals surface area contributed by atoms with E-state index in [0.29, 0.717) is 19.3 Å². The van der Waals surface area contributed by atoms with Gasteiger partial charge in [0.2, 0.25) is 0 Å². The van der Waals surface area contributed by atoms with E-state index in [0.717, 1.165) is 32.1 Å². The van der Waals surface area contributed by atoms with Crippen LogP contribution in [0.2, 0.25) is 0 Å². The van der Waals surface area contributed by atoms with Gasteiger partial charge in [-0.25, -0.2) is 0 Å². The van der Waals surface area contributed by atoms with Crippen molar-refractivity contribution in [3.05, 3.63) is 0 Å². The Kier molecular flexibility index (Phi) is 3.54. The minimum absolute atomic E-state index is 0.0778. The van der Waals surface area contributed by atoms with Crippen molar-refractivity contribution < 1.29 is 24.9 Å². The molecule has 7 atom stereocenters. The predicted octanol–water partition coefficient (Wildman–Crippen LogP) is 2.39. The number of aliphatic hydroxyl groups excluding tert-OH is 1. The summed E-state index contributed by atoms with van der Waals surface area (Å²) in [5.74, 6) is -0.804. The molecular formula is C20H30O5. The number of Topliss-reactive ketones (excluding diaryl/α,β-unsaturated/α-hetero) is 1. The number of hydrogen-bond donors (Lipinski definition) is 3. The van der Waals surface area contributed by atoms with E-state index in [2.05, 4.69) is 6.92 Å². The van der Waals surface area contributed by atoms with Crippen LogP contribution in [0.1, 0.15) is 65.2 Å². The van der Waals surface area contributed by atoms with Crippen LogP contribution in [-0.4, -0.2) is 39.3 Å². The van der Waals surface area contributed by atoms with Gasteiger partial charge in [0.15, 0.2) is 5.78 Å². The summed E-state index contributed by atoms with van der Waals surface area (Å²) >= 11 is 0. The van der Waals surface area contributed by atoms with E-state index < -0.39 is 29.0 Å². The Morgan fingerprint density at radius 3 is 2.48 bits per heavy atom. The molecule has 0 aromatic carbocycles. The van der Waals surface area contributed by atoms with Crippen LogP contribution in [0, 0.1) is 34.0 Å². The Bertz CT molecular complexity index is 632. The van der Waals surface area contributed by atoms with Crippen LogP contribution in [0.3, 0.4) is 0 Å². The van der Waals surface area contributed by atoms with Crippen LogP contribution in [0.25, 0.3) is 0 Å². The molecular weight excluding hydrogens is 320 g/mol. The van der Waals surface area contributed by atoms with Crippen LogP contribution < -0.4 is 0 Å². The quantitative estimate of drug-likeness (QED) is 0.711. The molecule has 4 aliphatic rings. The van der Waals surface area contributed by atoms with Gasteiger partial charge in [-0.05, 0) is 75.0 Å². The SMILES string of the molecule is CC1(C(=O)O)CCCC2(C)C1CCC13CC(CCC12)C(O)(CO)C3=O. The summed E-state index contributed by atoms with van der Waals surface area (Å²) in [7, 11) is 0. The Labute approximate surface area is 148 Å². The zero-order chi connectivity index (χ0) is 18.3. The number of hydrogen-bond acceptors (Lipinski definition) is 4. The Morgan fingerprint density at radius 2 is 1.84 bits per heavy atom. The lowest BCUT2D eigenvalue weighted by molar-refractivity contribution is -0.183. The second-order valence-electron chi connectivity index (χ2n) is 9.77. The average molecular weight is 350 g/mol. The molecule has 0 aromatic heterocycles. The van der Waals surface area contributed by atoms with Crippen LogP contribution in [0.5, 0.6) is 0 Å². The lowest BCUT2D eigenvalue weighted by Crippen LogP contribution is -2.60. The first-order valence-corrected chi connectivity index (χ1v) is 9.77. The van der Waals surface area contributed by atoms with Crippen molar-refractivity contribution in [2.75, 3.05) is 6.61 Å². The molecule has 0 amide bonds. The molecule has 140 valence electrons. The molecule has 1 spiro atoms. The van der Waals surface area contributed by atoms with Crippen molar-refractivity contribution in [3.8, 4) is 0 Å². The lowest BCUT2D eigenvalue weighted by Gasteiger charge is -2.62. The Morgan fingerprint density at radius 1 is 1.12 bits per heavy atom. The molecule has 4 aliphatic carbocycles. The lowest BCUT2D eigenvalue weighted by atomic mass is 9.41. The highest BCUT2D eigenvalue weighted by molar-refractivity contribution is 5.96. The highest BCUT2D eigenvalue weighted by Gasteiger charge is 2.72. The number of carboxylic acid groups (broad SMARTS) is 1. The van der Waals surface area contributed by atoms with E-state index in [1.54, 1.807) is 0 Å². The fourth-order valence-corrected chi connectivity index (χ4v) is 7.79. The molecule has 2 bridgehead atoms. The molecule has 7 unspecified atom stereocenters. The molecule has 0 aromatic rings. The number of aliphatic carboxylic acids is 1. The zero-order valence-corrected chi connectivity index (χ0v) is 15.3. The topological polar surface area (TPSA) is 94.8 Å². The van der Waals surface area contributed by atoms with Gasteiger partial charge in [0.05, 0.1) is 12.0 Å². The molecule has 4 fully saturated rings. The van der Waals surface area contributed by atoms with Gasteiger partial charge in [0.1, 0.15) is 5.60 Å². The van der Waals surface area contributed by atoms with Gasteiger partial charge in [0.25, 0.3) is 0 Å². The average Bonchev–Trinajstić information content (AvgIpc) is 2.73. The molecule has 0 radical (unpaired) electrons. The van der Waals surface area contributed by atoms with E-state index in [9.17, 15) is 24.9 Å². The van der Waals surface area contributed by atoms with E-state index in [-0.39, 0.29) is 29.0 Å². The van der Waals surface area contributed by atoms with Gasteiger partial charge in [-0.1, -0.05) is 13.3 Å². The summed E-state index contributed by atoms with van der Waals surface area (Å²) in [5.41, 5.74) is -3.03. The largest absolute Gasteiger partial charge is 0.481 e. The summed E-state index contributed by atoms with van der Waals surface area (Å²) in [6, 6.07) is 0. The molecule has 5 nitrogen and oxygen atoms in total. The van der Waals surface area contributed by atoms with Crippen molar-refractivity contribution in [1.82, 2.24) is 0 Å². The smallest absolute Gasteiger partial charge is 0.309 e. The number of carboxylic acids is 1. The van der Waals surface area contributed by atoms with Gasteiger partial charge < -0.3 is 15.3 Å². The van der Waals surface area contributed by atoms with Crippen molar-refractivity contribution in [1.29, 1.82) is 0 Å².